The quantitative estimate of drug-likeness (QED) is 0.795. The lowest BCUT2D eigenvalue weighted by atomic mass is 9.87. The number of rotatable bonds is 4. The molecule has 2 amide bonds. The average molecular weight is 346 g/mol. The molecule has 1 heterocycles. The molecule has 1 aliphatic carbocycles. The molecule has 0 bridgehead atoms. The maximum Gasteiger partial charge on any atom is 0.315 e. The van der Waals surface area contributed by atoms with Crippen molar-refractivity contribution in [3.8, 4) is 0 Å². The van der Waals surface area contributed by atoms with Crippen molar-refractivity contribution in [1.82, 2.24) is 10.6 Å². The molecule has 0 fully saturated rings. The van der Waals surface area contributed by atoms with Crippen molar-refractivity contribution in [2.45, 2.75) is 44.8 Å². The van der Waals surface area contributed by atoms with Gasteiger partial charge in [0.05, 0.1) is 12.6 Å². The van der Waals surface area contributed by atoms with E-state index in [9.17, 15) is 14.3 Å². The third-order valence-electron chi connectivity index (χ3n) is 4.59. The number of benzene rings is 1. The minimum Gasteiger partial charge on any atom is -0.463 e. The van der Waals surface area contributed by atoms with Crippen LogP contribution in [0.4, 0.5) is 9.18 Å². The van der Waals surface area contributed by atoms with Crippen molar-refractivity contribution in [3.63, 3.8) is 0 Å². The zero-order chi connectivity index (χ0) is 18.0. The minimum atomic E-state index is -1.30. The molecule has 3 rings (SSSR count). The highest BCUT2D eigenvalue weighted by molar-refractivity contribution is 5.74. The number of amides is 2. The van der Waals surface area contributed by atoms with Gasteiger partial charge in [0, 0.05) is 0 Å². The van der Waals surface area contributed by atoms with Crippen molar-refractivity contribution in [2.75, 3.05) is 6.54 Å². The van der Waals surface area contributed by atoms with E-state index >= 15 is 0 Å². The predicted octanol–water partition coefficient (Wildman–Crippen LogP) is 3.31. The van der Waals surface area contributed by atoms with Crippen LogP contribution < -0.4 is 10.6 Å². The summed E-state index contributed by atoms with van der Waals surface area (Å²) in [5.74, 6) is 0.792. The molecule has 2 atom stereocenters. The summed E-state index contributed by atoms with van der Waals surface area (Å²) in [6.07, 6.45) is 2.59. The molecule has 1 aliphatic rings. The highest BCUT2D eigenvalue weighted by Gasteiger charge is 2.28. The Labute approximate surface area is 146 Å². The van der Waals surface area contributed by atoms with Crippen LogP contribution in [-0.4, -0.2) is 17.7 Å². The second-order valence-electron chi connectivity index (χ2n) is 6.80. The molecule has 0 saturated carbocycles. The molecule has 0 radical (unpaired) electrons. The maximum atomic E-state index is 13.5. The Hall–Kier alpha value is -2.34. The van der Waals surface area contributed by atoms with E-state index in [0.29, 0.717) is 11.5 Å². The zero-order valence-corrected chi connectivity index (χ0v) is 14.4. The second kappa shape index (κ2) is 6.88. The smallest absolute Gasteiger partial charge is 0.315 e. The number of hydrogen-bond donors (Lipinski definition) is 3. The van der Waals surface area contributed by atoms with Gasteiger partial charge in [-0.3, -0.25) is 0 Å². The van der Waals surface area contributed by atoms with E-state index in [2.05, 4.69) is 10.6 Å². The van der Waals surface area contributed by atoms with Gasteiger partial charge in [-0.25, -0.2) is 9.18 Å². The number of hydrogen-bond acceptors (Lipinski definition) is 3. The zero-order valence-electron chi connectivity index (χ0n) is 14.4. The number of carbonyl (C=O) groups excluding carboxylic acids is 1. The molecule has 25 heavy (non-hydrogen) atoms. The van der Waals surface area contributed by atoms with Crippen molar-refractivity contribution in [3.05, 3.63) is 58.8 Å². The highest BCUT2D eigenvalue weighted by atomic mass is 19.1. The Bertz CT molecular complexity index is 770. The fourth-order valence-corrected chi connectivity index (χ4v) is 3.19. The molecule has 0 aliphatic heterocycles. The number of halogens is 1. The molecule has 0 saturated heterocycles. The lowest BCUT2D eigenvalue weighted by molar-refractivity contribution is 0.0358. The molecule has 6 heteroatoms. The van der Waals surface area contributed by atoms with Crippen LogP contribution in [0.3, 0.4) is 0 Å². The third-order valence-corrected chi connectivity index (χ3v) is 4.59. The number of fused-ring (bicyclic) bond motifs is 1. The summed E-state index contributed by atoms with van der Waals surface area (Å²) in [5.41, 5.74) is 0.591. The van der Waals surface area contributed by atoms with E-state index in [-0.39, 0.29) is 18.4 Å². The van der Waals surface area contributed by atoms with Crippen molar-refractivity contribution >= 4 is 6.03 Å². The van der Waals surface area contributed by atoms with Gasteiger partial charge in [-0.2, -0.15) is 0 Å². The van der Waals surface area contributed by atoms with Crippen LogP contribution in [-0.2, 0) is 12.0 Å². The Morgan fingerprint density at radius 3 is 2.92 bits per heavy atom. The Kier molecular flexibility index (Phi) is 4.81. The molecule has 2 unspecified atom stereocenters. The third kappa shape index (κ3) is 4.02. The first-order chi connectivity index (χ1) is 11.8. The Morgan fingerprint density at radius 1 is 1.40 bits per heavy atom. The van der Waals surface area contributed by atoms with Crippen LogP contribution in [0.2, 0.25) is 0 Å². The molecular weight excluding hydrogens is 323 g/mol. The van der Waals surface area contributed by atoms with Gasteiger partial charge in [-0.1, -0.05) is 6.07 Å². The summed E-state index contributed by atoms with van der Waals surface area (Å²) in [4.78, 5) is 12.2. The number of furan rings is 1. The Morgan fingerprint density at radius 2 is 2.20 bits per heavy atom. The summed E-state index contributed by atoms with van der Waals surface area (Å²) in [5, 5.41) is 16.0. The van der Waals surface area contributed by atoms with Gasteiger partial charge >= 0.3 is 6.03 Å². The maximum absolute atomic E-state index is 13.5. The lowest BCUT2D eigenvalue weighted by Gasteiger charge is -2.27. The molecule has 5 nitrogen and oxygen atoms in total. The lowest BCUT2D eigenvalue weighted by Crippen LogP contribution is -2.44. The molecule has 3 N–H and O–H groups in total. The van der Waals surface area contributed by atoms with E-state index in [1.165, 1.54) is 12.1 Å². The minimum absolute atomic E-state index is 0.00845. The van der Waals surface area contributed by atoms with E-state index in [4.69, 9.17) is 4.42 Å². The summed E-state index contributed by atoms with van der Waals surface area (Å²) < 4.78 is 19.0. The van der Waals surface area contributed by atoms with E-state index in [0.717, 1.165) is 30.4 Å². The molecule has 1 aromatic heterocycles. The van der Waals surface area contributed by atoms with Gasteiger partial charge in [0.25, 0.3) is 0 Å². The van der Waals surface area contributed by atoms with Crippen LogP contribution in [0.5, 0.6) is 0 Å². The van der Waals surface area contributed by atoms with E-state index in [1.54, 1.807) is 32.0 Å². The fourth-order valence-electron chi connectivity index (χ4n) is 3.19. The van der Waals surface area contributed by atoms with Crippen LogP contribution in [0.1, 0.15) is 48.5 Å². The monoisotopic (exact) mass is 346 g/mol. The number of carbonyl (C=O) groups is 1. The SMILES string of the molecule is Cc1ccc(C(C)(O)CNC(=O)NC2CCCc3ccc(F)cc32)o1. The van der Waals surface area contributed by atoms with E-state index in [1.807, 2.05) is 0 Å². The summed E-state index contributed by atoms with van der Waals surface area (Å²) >= 11 is 0. The molecule has 0 spiro atoms. The predicted molar refractivity (Wildman–Crippen MR) is 91.6 cm³/mol. The van der Waals surface area contributed by atoms with Gasteiger partial charge in [0.2, 0.25) is 0 Å². The van der Waals surface area contributed by atoms with Gasteiger partial charge in [0.15, 0.2) is 0 Å². The number of aryl methyl sites for hydroxylation is 2. The summed E-state index contributed by atoms with van der Waals surface area (Å²) in [6.45, 7) is 3.38. The fraction of sp³-hybridized carbons (Fsp3) is 0.421. The van der Waals surface area contributed by atoms with Gasteiger partial charge in [-0.05, 0) is 68.5 Å². The van der Waals surface area contributed by atoms with Crippen LogP contribution in [0, 0.1) is 12.7 Å². The number of aliphatic hydroxyl groups is 1. The molecular formula is C19H23FN2O3. The first-order valence-corrected chi connectivity index (χ1v) is 8.47. The normalized spacial score (nSPS) is 19.0. The van der Waals surface area contributed by atoms with Gasteiger partial charge in [-0.15, -0.1) is 0 Å². The first kappa shape index (κ1) is 17.5. The number of urea groups is 1. The topological polar surface area (TPSA) is 74.5 Å². The largest absolute Gasteiger partial charge is 0.463 e. The summed E-state index contributed by atoms with van der Waals surface area (Å²) in [6, 6.07) is 7.54. The van der Waals surface area contributed by atoms with Crippen molar-refractivity contribution in [1.29, 1.82) is 0 Å². The van der Waals surface area contributed by atoms with Crippen LogP contribution >= 0.6 is 0 Å². The highest BCUT2D eigenvalue weighted by Crippen LogP contribution is 2.30. The summed E-state index contributed by atoms with van der Waals surface area (Å²) in [7, 11) is 0. The Balaban J connectivity index is 1.61. The van der Waals surface area contributed by atoms with Crippen LogP contribution in [0.15, 0.2) is 34.7 Å². The van der Waals surface area contributed by atoms with Crippen LogP contribution in [0.25, 0.3) is 0 Å². The van der Waals surface area contributed by atoms with Crippen molar-refractivity contribution in [2.24, 2.45) is 0 Å². The molecule has 134 valence electrons. The van der Waals surface area contributed by atoms with E-state index < -0.39 is 11.6 Å². The molecule has 2 aromatic rings. The standard InChI is InChI=1S/C19H23FN2O3/c1-12-6-9-17(25-12)19(2,24)11-21-18(23)22-16-5-3-4-13-7-8-14(20)10-15(13)16/h6-10,16,24H,3-5,11H2,1-2H3,(H2,21,22,23). The van der Waals surface area contributed by atoms with Gasteiger partial charge in [0.1, 0.15) is 22.9 Å². The number of nitrogens with one attached hydrogen (secondary N) is 2. The molecule has 1 aromatic carbocycles. The van der Waals surface area contributed by atoms with Gasteiger partial charge < -0.3 is 20.2 Å². The first-order valence-electron chi connectivity index (χ1n) is 8.47. The van der Waals surface area contributed by atoms with Crippen molar-refractivity contribution < 1.29 is 18.7 Å². The second-order valence-corrected chi connectivity index (χ2v) is 6.80. The average Bonchev–Trinajstić information content (AvgIpc) is 3.01.